The summed E-state index contributed by atoms with van der Waals surface area (Å²) in [4.78, 5) is 40.5. The second-order valence-corrected chi connectivity index (χ2v) is 9.89. The minimum Gasteiger partial charge on any atom is -0.438 e. The first-order valence-corrected chi connectivity index (χ1v) is 12.9. The molecule has 7 nitrogen and oxygen atoms in total. The second-order valence-electron chi connectivity index (χ2n) is 9.45. The van der Waals surface area contributed by atoms with E-state index in [0.29, 0.717) is 21.8 Å². The van der Waals surface area contributed by atoms with Gasteiger partial charge in [0.15, 0.2) is 12.1 Å². The number of nitrogens with zero attached hydrogens (tertiary/aromatic N) is 1. The van der Waals surface area contributed by atoms with Crippen molar-refractivity contribution < 1.29 is 23.5 Å². The Kier molecular flexibility index (Phi) is 7.79. The van der Waals surface area contributed by atoms with Crippen LogP contribution in [0.25, 0.3) is 0 Å². The summed E-state index contributed by atoms with van der Waals surface area (Å²) in [5.41, 5.74) is 3.62. The standard InChI is InChI=1S/C31H25ClFN3O4/c1-19-8-10-20(11-9-19)18-36-27(30(38)35-26-7-3-6-24(33)17-26)28(40-31(36)39)21-12-14-25(15-13-21)34-29(37)22-4-2-5-23(32)16-22/h2-17,27-28H,18H2,1H3,(H,34,37)(H,35,38)/t27-,28-/m1/s1. The summed E-state index contributed by atoms with van der Waals surface area (Å²) < 4.78 is 19.5. The van der Waals surface area contributed by atoms with E-state index in [1.54, 1.807) is 54.6 Å². The monoisotopic (exact) mass is 557 g/mol. The summed E-state index contributed by atoms with van der Waals surface area (Å²) >= 11 is 5.99. The number of ether oxygens (including phenoxy) is 1. The fourth-order valence-electron chi connectivity index (χ4n) is 4.47. The zero-order chi connectivity index (χ0) is 28.2. The molecule has 0 bridgehead atoms. The van der Waals surface area contributed by atoms with Crippen LogP contribution in [0, 0.1) is 12.7 Å². The van der Waals surface area contributed by atoms with Gasteiger partial charge in [0.25, 0.3) is 11.8 Å². The lowest BCUT2D eigenvalue weighted by molar-refractivity contribution is -0.121. The number of anilines is 2. The van der Waals surface area contributed by atoms with Crippen molar-refractivity contribution in [3.8, 4) is 0 Å². The zero-order valence-corrected chi connectivity index (χ0v) is 22.2. The summed E-state index contributed by atoms with van der Waals surface area (Å²) in [6, 6.07) is 25.4. The summed E-state index contributed by atoms with van der Waals surface area (Å²) in [6.45, 7) is 2.10. The quantitative estimate of drug-likeness (QED) is 0.263. The lowest BCUT2D eigenvalue weighted by atomic mass is 10.00. The van der Waals surface area contributed by atoms with Crippen LogP contribution in [0.5, 0.6) is 0 Å². The van der Waals surface area contributed by atoms with Crippen LogP contribution < -0.4 is 10.6 Å². The highest BCUT2D eigenvalue weighted by atomic mass is 35.5. The van der Waals surface area contributed by atoms with Gasteiger partial charge < -0.3 is 15.4 Å². The molecule has 4 aromatic carbocycles. The van der Waals surface area contributed by atoms with Crippen LogP contribution in [-0.4, -0.2) is 28.8 Å². The van der Waals surface area contributed by atoms with Crippen LogP contribution in [0.2, 0.25) is 5.02 Å². The van der Waals surface area contributed by atoms with E-state index in [0.717, 1.165) is 11.1 Å². The van der Waals surface area contributed by atoms with Crippen molar-refractivity contribution in [3.63, 3.8) is 0 Å². The molecule has 0 saturated carbocycles. The summed E-state index contributed by atoms with van der Waals surface area (Å²) in [6.07, 6.45) is -1.59. The number of aryl methyl sites for hydroxylation is 1. The lowest BCUT2D eigenvalue weighted by Gasteiger charge is -2.24. The van der Waals surface area contributed by atoms with Gasteiger partial charge >= 0.3 is 6.09 Å². The van der Waals surface area contributed by atoms with Crippen LogP contribution in [0.4, 0.5) is 20.6 Å². The van der Waals surface area contributed by atoms with Crippen molar-refractivity contribution in [3.05, 3.63) is 130 Å². The van der Waals surface area contributed by atoms with Crippen molar-refractivity contribution in [1.29, 1.82) is 0 Å². The number of halogens is 2. The molecular weight excluding hydrogens is 533 g/mol. The SMILES string of the molecule is Cc1ccc(CN2C(=O)O[C@H](c3ccc(NC(=O)c4cccc(Cl)c4)cc3)[C@@H]2C(=O)Nc2cccc(F)c2)cc1. The van der Waals surface area contributed by atoms with Crippen LogP contribution in [0.1, 0.15) is 33.2 Å². The molecule has 3 amide bonds. The molecule has 5 rings (SSSR count). The highest BCUT2D eigenvalue weighted by Gasteiger charge is 2.47. The first-order valence-electron chi connectivity index (χ1n) is 12.5. The lowest BCUT2D eigenvalue weighted by Crippen LogP contribution is -2.43. The maximum atomic E-state index is 13.8. The number of cyclic esters (lactones) is 1. The Labute approximate surface area is 235 Å². The molecule has 1 aliphatic rings. The third-order valence-electron chi connectivity index (χ3n) is 6.50. The molecule has 0 aromatic heterocycles. The third-order valence-corrected chi connectivity index (χ3v) is 6.74. The molecule has 0 spiro atoms. The number of hydrogen-bond acceptors (Lipinski definition) is 4. The van der Waals surface area contributed by atoms with E-state index in [2.05, 4.69) is 10.6 Å². The number of benzene rings is 4. The molecule has 202 valence electrons. The predicted molar refractivity (Wildman–Crippen MR) is 151 cm³/mol. The normalized spacial score (nSPS) is 16.4. The number of nitrogens with one attached hydrogen (secondary N) is 2. The van der Waals surface area contributed by atoms with E-state index < -0.39 is 30.0 Å². The van der Waals surface area contributed by atoms with Crippen LogP contribution in [0.3, 0.4) is 0 Å². The van der Waals surface area contributed by atoms with Gasteiger partial charge in [0.1, 0.15) is 5.82 Å². The highest BCUT2D eigenvalue weighted by molar-refractivity contribution is 6.31. The van der Waals surface area contributed by atoms with Gasteiger partial charge in [-0.1, -0.05) is 65.7 Å². The van der Waals surface area contributed by atoms with E-state index in [9.17, 15) is 18.8 Å². The molecule has 9 heteroatoms. The molecule has 1 heterocycles. The van der Waals surface area contributed by atoms with Gasteiger partial charge in [0.2, 0.25) is 0 Å². The zero-order valence-electron chi connectivity index (χ0n) is 21.4. The van der Waals surface area contributed by atoms with Gasteiger partial charge in [-0.2, -0.15) is 0 Å². The molecule has 2 atom stereocenters. The van der Waals surface area contributed by atoms with Gasteiger partial charge in [-0.05, 0) is 66.6 Å². The molecule has 40 heavy (non-hydrogen) atoms. The van der Waals surface area contributed by atoms with Gasteiger partial charge in [-0.25, -0.2) is 9.18 Å². The first kappa shape index (κ1) is 26.9. The molecule has 1 fully saturated rings. The van der Waals surface area contributed by atoms with E-state index >= 15 is 0 Å². The van der Waals surface area contributed by atoms with Gasteiger partial charge in [-0.3, -0.25) is 14.5 Å². The minimum atomic E-state index is -1.04. The van der Waals surface area contributed by atoms with E-state index in [1.165, 1.54) is 23.1 Å². The van der Waals surface area contributed by atoms with Crippen LogP contribution in [0.15, 0.2) is 97.1 Å². The molecule has 1 aliphatic heterocycles. The second kappa shape index (κ2) is 11.6. The fourth-order valence-corrected chi connectivity index (χ4v) is 4.66. The summed E-state index contributed by atoms with van der Waals surface area (Å²) in [5.74, 6) is -1.36. The fraction of sp³-hybridized carbons (Fsp3) is 0.129. The Hall–Kier alpha value is -4.69. The maximum Gasteiger partial charge on any atom is 0.411 e. The molecule has 4 aromatic rings. The summed E-state index contributed by atoms with van der Waals surface area (Å²) in [5, 5.41) is 5.96. The average molecular weight is 558 g/mol. The number of rotatable bonds is 7. The summed E-state index contributed by atoms with van der Waals surface area (Å²) in [7, 11) is 0. The van der Waals surface area contributed by atoms with Gasteiger partial charge in [-0.15, -0.1) is 0 Å². The Balaban J connectivity index is 1.39. The maximum absolute atomic E-state index is 13.8. The topological polar surface area (TPSA) is 87.7 Å². The number of carbonyl (C=O) groups is 3. The van der Waals surface area contributed by atoms with Crippen LogP contribution in [-0.2, 0) is 16.1 Å². The molecule has 0 unspecified atom stereocenters. The molecule has 0 radical (unpaired) electrons. The molecule has 2 N–H and O–H groups in total. The smallest absolute Gasteiger partial charge is 0.411 e. The third kappa shape index (κ3) is 6.13. The van der Waals surface area contributed by atoms with Crippen molar-refractivity contribution in [1.82, 2.24) is 4.90 Å². The van der Waals surface area contributed by atoms with Gasteiger partial charge in [0.05, 0.1) is 6.54 Å². The Morgan fingerprint density at radius 1 is 0.900 bits per heavy atom. The largest absolute Gasteiger partial charge is 0.438 e. The Bertz CT molecular complexity index is 1560. The molecular formula is C31H25ClFN3O4. The highest BCUT2D eigenvalue weighted by Crippen LogP contribution is 2.35. The minimum absolute atomic E-state index is 0.143. The number of carbonyl (C=O) groups excluding carboxylic acids is 3. The van der Waals surface area contributed by atoms with E-state index in [1.807, 2.05) is 31.2 Å². The average Bonchev–Trinajstić information content (AvgIpc) is 3.26. The predicted octanol–water partition coefficient (Wildman–Crippen LogP) is 6.74. The van der Waals surface area contributed by atoms with E-state index in [-0.39, 0.29) is 18.1 Å². The van der Waals surface area contributed by atoms with Gasteiger partial charge in [0, 0.05) is 22.0 Å². The van der Waals surface area contributed by atoms with Crippen molar-refractivity contribution in [2.75, 3.05) is 10.6 Å². The van der Waals surface area contributed by atoms with Crippen molar-refractivity contribution in [2.24, 2.45) is 0 Å². The molecule has 0 aliphatic carbocycles. The van der Waals surface area contributed by atoms with Crippen molar-refractivity contribution >= 4 is 40.9 Å². The molecule has 1 saturated heterocycles. The number of hydrogen-bond donors (Lipinski definition) is 2. The van der Waals surface area contributed by atoms with Crippen molar-refractivity contribution in [2.45, 2.75) is 25.6 Å². The Morgan fingerprint density at radius 3 is 2.33 bits per heavy atom. The van der Waals surface area contributed by atoms with E-state index in [4.69, 9.17) is 16.3 Å². The first-order chi connectivity index (χ1) is 19.3. The van der Waals surface area contributed by atoms with Crippen LogP contribution >= 0.6 is 11.6 Å². The number of amides is 3. The Morgan fingerprint density at radius 2 is 1.62 bits per heavy atom.